The van der Waals surface area contributed by atoms with Gasteiger partial charge in [-0.1, -0.05) is 35.9 Å². The first-order valence-corrected chi connectivity index (χ1v) is 8.23. The first kappa shape index (κ1) is 19.2. The second kappa shape index (κ2) is 8.80. The fourth-order valence-corrected chi connectivity index (χ4v) is 2.33. The zero-order valence-corrected chi connectivity index (χ0v) is 15.1. The van der Waals surface area contributed by atoms with E-state index in [-0.39, 0.29) is 12.5 Å². The van der Waals surface area contributed by atoms with E-state index in [0.29, 0.717) is 5.56 Å². The summed E-state index contributed by atoms with van der Waals surface area (Å²) in [6, 6.07) is 12.5. The highest BCUT2D eigenvalue weighted by atomic mass is 16.5. The largest absolute Gasteiger partial charge is 0.452 e. The maximum Gasteiger partial charge on any atom is 0.338 e. The summed E-state index contributed by atoms with van der Waals surface area (Å²) in [5.41, 5.74) is 4.01. The molecule has 6 nitrogen and oxygen atoms in total. The van der Waals surface area contributed by atoms with E-state index in [2.05, 4.69) is 10.6 Å². The number of hydrogen-bond acceptors (Lipinski definition) is 4. The van der Waals surface area contributed by atoms with Gasteiger partial charge in [0.05, 0.1) is 12.1 Å². The van der Waals surface area contributed by atoms with E-state index in [1.807, 2.05) is 39.0 Å². The third kappa shape index (κ3) is 5.44. The summed E-state index contributed by atoms with van der Waals surface area (Å²) < 4.78 is 4.94. The number of para-hydroxylation sites is 1. The van der Waals surface area contributed by atoms with Crippen molar-refractivity contribution < 1.29 is 19.1 Å². The average Bonchev–Trinajstić information content (AvgIpc) is 2.61. The maximum absolute atomic E-state index is 12.0. The number of nitrogens with one attached hydrogen (secondary N) is 2. The number of hydrogen-bond donors (Lipinski definition) is 2. The number of rotatable bonds is 6. The molecule has 0 aliphatic heterocycles. The van der Waals surface area contributed by atoms with E-state index < -0.39 is 18.5 Å². The van der Waals surface area contributed by atoms with Gasteiger partial charge in [-0.05, 0) is 44.0 Å². The van der Waals surface area contributed by atoms with E-state index >= 15 is 0 Å². The second-order valence-corrected chi connectivity index (χ2v) is 6.03. The Hall–Kier alpha value is -3.15. The lowest BCUT2D eigenvalue weighted by molar-refractivity contribution is -0.126. The van der Waals surface area contributed by atoms with Crippen molar-refractivity contribution in [3.8, 4) is 0 Å². The number of amides is 2. The summed E-state index contributed by atoms with van der Waals surface area (Å²) in [6.45, 7) is 5.06. The molecule has 2 aromatic rings. The molecule has 2 rings (SSSR count). The van der Waals surface area contributed by atoms with Crippen LogP contribution in [0.15, 0.2) is 42.5 Å². The SMILES string of the molecule is Cc1ccc(C(=O)OCC(=O)NCC(=O)Nc2c(C)cccc2C)cc1. The number of carbonyl (C=O) groups is 3. The van der Waals surface area contributed by atoms with Crippen LogP contribution >= 0.6 is 0 Å². The molecule has 6 heteroatoms. The van der Waals surface area contributed by atoms with Crippen molar-refractivity contribution in [2.75, 3.05) is 18.5 Å². The molecule has 0 aliphatic carbocycles. The predicted octanol–water partition coefficient (Wildman–Crippen LogP) is 2.52. The van der Waals surface area contributed by atoms with Gasteiger partial charge in [0.2, 0.25) is 5.91 Å². The van der Waals surface area contributed by atoms with Crippen molar-refractivity contribution in [2.45, 2.75) is 20.8 Å². The molecule has 0 saturated heterocycles. The van der Waals surface area contributed by atoms with E-state index in [1.54, 1.807) is 24.3 Å². The summed E-state index contributed by atoms with van der Waals surface area (Å²) >= 11 is 0. The van der Waals surface area contributed by atoms with Crippen LogP contribution in [-0.4, -0.2) is 30.9 Å². The lowest BCUT2D eigenvalue weighted by Crippen LogP contribution is -2.35. The van der Waals surface area contributed by atoms with Crippen LogP contribution in [0.2, 0.25) is 0 Å². The first-order chi connectivity index (χ1) is 12.4. The van der Waals surface area contributed by atoms with Crippen LogP contribution in [0, 0.1) is 20.8 Å². The van der Waals surface area contributed by atoms with E-state index in [1.165, 1.54) is 0 Å². The second-order valence-electron chi connectivity index (χ2n) is 6.03. The molecular formula is C20H22N2O4. The smallest absolute Gasteiger partial charge is 0.338 e. The van der Waals surface area contributed by atoms with Gasteiger partial charge in [0.15, 0.2) is 6.61 Å². The van der Waals surface area contributed by atoms with E-state index in [4.69, 9.17) is 4.74 Å². The Morgan fingerprint density at radius 2 is 1.50 bits per heavy atom. The van der Waals surface area contributed by atoms with Crippen LogP contribution in [-0.2, 0) is 14.3 Å². The lowest BCUT2D eigenvalue weighted by Gasteiger charge is -2.12. The molecule has 0 unspecified atom stereocenters. The molecule has 0 radical (unpaired) electrons. The summed E-state index contributed by atoms with van der Waals surface area (Å²) in [7, 11) is 0. The number of esters is 1. The first-order valence-electron chi connectivity index (χ1n) is 8.23. The zero-order chi connectivity index (χ0) is 19.1. The van der Waals surface area contributed by atoms with Gasteiger partial charge in [0.1, 0.15) is 0 Å². The summed E-state index contributed by atoms with van der Waals surface area (Å²) in [4.78, 5) is 35.6. The molecule has 0 fully saturated rings. The number of benzene rings is 2. The quantitative estimate of drug-likeness (QED) is 0.781. The van der Waals surface area contributed by atoms with Crippen molar-refractivity contribution in [1.29, 1.82) is 0 Å². The van der Waals surface area contributed by atoms with Crippen molar-refractivity contribution in [1.82, 2.24) is 5.32 Å². The van der Waals surface area contributed by atoms with Gasteiger partial charge in [-0.3, -0.25) is 9.59 Å². The third-order valence-corrected chi connectivity index (χ3v) is 3.81. The normalized spacial score (nSPS) is 10.1. The minimum absolute atomic E-state index is 0.200. The van der Waals surface area contributed by atoms with Gasteiger partial charge in [-0.2, -0.15) is 0 Å². The predicted molar refractivity (Wildman–Crippen MR) is 99.0 cm³/mol. The zero-order valence-electron chi connectivity index (χ0n) is 15.1. The Balaban J connectivity index is 1.77. The van der Waals surface area contributed by atoms with Crippen LogP contribution in [0.25, 0.3) is 0 Å². The highest BCUT2D eigenvalue weighted by molar-refractivity contribution is 5.96. The molecule has 0 heterocycles. The van der Waals surface area contributed by atoms with Crippen molar-refractivity contribution in [2.24, 2.45) is 0 Å². The minimum atomic E-state index is -0.583. The minimum Gasteiger partial charge on any atom is -0.452 e. The molecule has 0 aromatic heterocycles. The molecule has 0 atom stereocenters. The fraction of sp³-hybridized carbons (Fsp3) is 0.250. The number of carbonyl (C=O) groups excluding carboxylic acids is 3. The topological polar surface area (TPSA) is 84.5 Å². The fourth-order valence-electron chi connectivity index (χ4n) is 2.33. The Bertz CT molecular complexity index is 793. The Kier molecular flexibility index (Phi) is 6.49. The van der Waals surface area contributed by atoms with Crippen LogP contribution in [0.5, 0.6) is 0 Å². The number of aryl methyl sites for hydroxylation is 3. The molecule has 0 spiro atoms. The highest BCUT2D eigenvalue weighted by Gasteiger charge is 2.12. The summed E-state index contributed by atoms with van der Waals surface area (Å²) in [5.74, 6) is -1.47. The lowest BCUT2D eigenvalue weighted by atomic mass is 10.1. The molecule has 0 aliphatic rings. The molecule has 2 aromatic carbocycles. The molecule has 0 bridgehead atoms. The van der Waals surface area contributed by atoms with Crippen LogP contribution in [0.1, 0.15) is 27.0 Å². The third-order valence-electron chi connectivity index (χ3n) is 3.81. The van der Waals surface area contributed by atoms with Gasteiger partial charge in [-0.15, -0.1) is 0 Å². The number of ether oxygens (including phenoxy) is 1. The average molecular weight is 354 g/mol. The molecule has 2 N–H and O–H groups in total. The monoisotopic (exact) mass is 354 g/mol. The Morgan fingerprint density at radius 1 is 0.885 bits per heavy atom. The van der Waals surface area contributed by atoms with Gasteiger partial charge >= 0.3 is 5.97 Å². The standard InChI is InChI=1S/C20H22N2O4/c1-13-7-9-16(10-8-13)20(25)26-12-18(24)21-11-17(23)22-19-14(2)5-4-6-15(19)3/h4-10H,11-12H2,1-3H3,(H,21,24)(H,22,23). The van der Waals surface area contributed by atoms with E-state index in [9.17, 15) is 14.4 Å². The van der Waals surface area contributed by atoms with Gasteiger partial charge in [-0.25, -0.2) is 4.79 Å². The maximum atomic E-state index is 12.0. The van der Waals surface area contributed by atoms with Crippen molar-refractivity contribution in [3.63, 3.8) is 0 Å². The van der Waals surface area contributed by atoms with Crippen LogP contribution in [0.3, 0.4) is 0 Å². The summed E-state index contributed by atoms with van der Waals surface area (Å²) in [6.07, 6.45) is 0. The summed E-state index contributed by atoms with van der Waals surface area (Å²) in [5, 5.41) is 5.20. The molecule has 0 saturated carbocycles. The van der Waals surface area contributed by atoms with Crippen LogP contribution in [0.4, 0.5) is 5.69 Å². The molecule has 2 amide bonds. The molecule has 26 heavy (non-hydrogen) atoms. The molecule has 136 valence electrons. The van der Waals surface area contributed by atoms with Gasteiger partial charge in [0, 0.05) is 5.69 Å². The van der Waals surface area contributed by atoms with E-state index in [0.717, 1.165) is 22.4 Å². The van der Waals surface area contributed by atoms with Crippen molar-refractivity contribution in [3.05, 3.63) is 64.7 Å². The Labute approximate surface area is 152 Å². The van der Waals surface area contributed by atoms with Crippen LogP contribution < -0.4 is 10.6 Å². The Morgan fingerprint density at radius 3 is 2.12 bits per heavy atom. The molecular weight excluding hydrogens is 332 g/mol. The van der Waals surface area contributed by atoms with Gasteiger partial charge < -0.3 is 15.4 Å². The highest BCUT2D eigenvalue weighted by Crippen LogP contribution is 2.18. The number of anilines is 1. The van der Waals surface area contributed by atoms with Gasteiger partial charge in [0.25, 0.3) is 5.91 Å². The van der Waals surface area contributed by atoms with Crippen molar-refractivity contribution >= 4 is 23.5 Å².